The van der Waals surface area contributed by atoms with E-state index in [1.54, 1.807) is 24.7 Å². The van der Waals surface area contributed by atoms with Crippen molar-refractivity contribution in [2.45, 2.75) is 33.2 Å². The zero-order valence-corrected chi connectivity index (χ0v) is 15.4. The van der Waals surface area contributed by atoms with Gasteiger partial charge in [-0.25, -0.2) is 9.48 Å². The molecule has 0 saturated carbocycles. The van der Waals surface area contributed by atoms with E-state index in [2.05, 4.69) is 20.6 Å². The van der Waals surface area contributed by atoms with Crippen molar-refractivity contribution in [1.29, 1.82) is 0 Å². The van der Waals surface area contributed by atoms with Crippen molar-refractivity contribution in [3.8, 4) is 5.69 Å². The number of rotatable bonds is 6. The van der Waals surface area contributed by atoms with Gasteiger partial charge in [-0.1, -0.05) is 31.5 Å². The SMILES string of the molecule is CC[C@H](C)[C@H](NC(=O)c1nnn(-c2ccc3ncccc3c2)c1C)C(=O)O. The Hall–Kier alpha value is -3.29. The third-order valence-electron chi connectivity index (χ3n) is 4.71. The van der Waals surface area contributed by atoms with Crippen LogP contribution in [0, 0.1) is 12.8 Å². The highest BCUT2D eigenvalue weighted by molar-refractivity contribution is 5.96. The molecule has 8 heteroatoms. The Balaban J connectivity index is 1.89. The summed E-state index contributed by atoms with van der Waals surface area (Å²) >= 11 is 0. The molecule has 27 heavy (non-hydrogen) atoms. The summed E-state index contributed by atoms with van der Waals surface area (Å²) < 4.78 is 1.56. The van der Waals surface area contributed by atoms with E-state index in [1.165, 1.54) is 0 Å². The number of pyridine rings is 1. The third kappa shape index (κ3) is 3.64. The highest BCUT2D eigenvalue weighted by atomic mass is 16.4. The number of hydrogen-bond donors (Lipinski definition) is 2. The van der Waals surface area contributed by atoms with Crippen LogP contribution in [0.5, 0.6) is 0 Å². The second kappa shape index (κ2) is 7.53. The minimum absolute atomic E-state index is 0.107. The first-order chi connectivity index (χ1) is 12.9. The van der Waals surface area contributed by atoms with E-state index >= 15 is 0 Å². The Morgan fingerprint density at radius 2 is 2.07 bits per heavy atom. The fraction of sp³-hybridized carbons (Fsp3) is 0.316. The Bertz CT molecular complexity index is 998. The van der Waals surface area contributed by atoms with E-state index in [9.17, 15) is 14.7 Å². The minimum Gasteiger partial charge on any atom is -0.480 e. The molecule has 1 aromatic carbocycles. The van der Waals surface area contributed by atoms with Gasteiger partial charge < -0.3 is 10.4 Å². The maximum Gasteiger partial charge on any atom is 0.326 e. The van der Waals surface area contributed by atoms with Gasteiger partial charge in [-0.2, -0.15) is 0 Å². The lowest BCUT2D eigenvalue weighted by Gasteiger charge is -2.19. The molecule has 140 valence electrons. The van der Waals surface area contributed by atoms with Crippen LogP contribution in [0.1, 0.15) is 36.5 Å². The summed E-state index contributed by atoms with van der Waals surface area (Å²) in [6, 6.07) is 8.44. The third-order valence-corrected chi connectivity index (χ3v) is 4.71. The number of carboxylic acid groups (broad SMARTS) is 1. The Labute approximate surface area is 156 Å². The summed E-state index contributed by atoms with van der Waals surface area (Å²) in [4.78, 5) is 28.3. The predicted molar refractivity (Wildman–Crippen MR) is 99.7 cm³/mol. The average molecular weight is 367 g/mol. The number of aliphatic carboxylic acids is 1. The molecule has 0 fully saturated rings. The molecule has 1 amide bonds. The predicted octanol–water partition coefficient (Wildman–Crippen LogP) is 2.35. The molecule has 0 spiro atoms. The van der Waals surface area contributed by atoms with Crippen molar-refractivity contribution in [1.82, 2.24) is 25.3 Å². The molecule has 8 nitrogen and oxygen atoms in total. The fourth-order valence-corrected chi connectivity index (χ4v) is 2.87. The molecule has 0 unspecified atom stereocenters. The van der Waals surface area contributed by atoms with E-state index in [4.69, 9.17) is 0 Å². The summed E-state index contributed by atoms with van der Waals surface area (Å²) in [6.45, 7) is 5.39. The lowest BCUT2D eigenvalue weighted by Crippen LogP contribution is -2.45. The van der Waals surface area contributed by atoms with Crippen molar-refractivity contribution in [3.63, 3.8) is 0 Å². The molecule has 3 aromatic rings. The molecule has 0 aliphatic carbocycles. The molecule has 0 radical (unpaired) electrons. The van der Waals surface area contributed by atoms with E-state index < -0.39 is 17.9 Å². The summed E-state index contributed by atoms with van der Waals surface area (Å²) in [5.74, 6) is -1.81. The zero-order chi connectivity index (χ0) is 19.6. The van der Waals surface area contributed by atoms with Crippen LogP contribution >= 0.6 is 0 Å². The van der Waals surface area contributed by atoms with Gasteiger partial charge in [0.2, 0.25) is 0 Å². The lowest BCUT2D eigenvalue weighted by molar-refractivity contribution is -0.140. The van der Waals surface area contributed by atoms with Crippen molar-refractivity contribution in [2.24, 2.45) is 5.92 Å². The van der Waals surface area contributed by atoms with Gasteiger partial charge in [0.1, 0.15) is 6.04 Å². The first-order valence-electron chi connectivity index (χ1n) is 8.73. The minimum atomic E-state index is -1.07. The van der Waals surface area contributed by atoms with Gasteiger partial charge in [-0.05, 0) is 37.1 Å². The standard InChI is InChI=1S/C19H21N5O3/c1-4-11(2)16(19(26)27)21-18(25)17-12(3)24(23-22-17)14-7-8-15-13(10-14)6-5-9-20-15/h5-11,16H,4H2,1-3H3,(H,21,25)(H,26,27)/t11-,16-/m0/s1. The Morgan fingerprint density at radius 3 is 2.78 bits per heavy atom. The average Bonchev–Trinajstić information content (AvgIpc) is 3.06. The molecule has 0 saturated heterocycles. The van der Waals surface area contributed by atoms with Crippen LogP contribution in [0.4, 0.5) is 0 Å². The van der Waals surface area contributed by atoms with E-state index in [0.717, 1.165) is 16.6 Å². The Morgan fingerprint density at radius 1 is 1.30 bits per heavy atom. The zero-order valence-electron chi connectivity index (χ0n) is 15.4. The second-order valence-electron chi connectivity index (χ2n) is 6.49. The van der Waals surface area contributed by atoms with Crippen LogP contribution in [0.2, 0.25) is 0 Å². The number of amides is 1. The highest BCUT2D eigenvalue weighted by Gasteiger charge is 2.28. The van der Waals surface area contributed by atoms with Crippen LogP contribution in [0.25, 0.3) is 16.6 Å². The lowest BCUT2D eigenvalue weighted by atomic mass is 9.99. The number of hydrogen-bond acceptors (Lipinski definition) is 5. The Kier molecular flexibility index (Phi) is 5.16. The van der Waals surface area contributed by atoms with Crippen LogP contribution in [0.3, 0.4) is 0 Å². The molecule has 2 heterocycles. The normalized spacial score (nSPS) is 13.3. The number of nitrogens with zero attached hydrogens (tertiary/aromatic N) is 4. The van der Waals surface area contributed by atoms with E-state index in [0.29, 0.717) is 12.1 Å². The summed E-state index contributed by atoms with van der Waals surface area (Å²) in [6.07, 6.45) is 2.36. The van der Waals surface area contributed by atoms with Gasteiger partial charge in [0.25, 0.3) is 5.91 Å². The van der Waals surface area contributed by atoms with Crippen LogP contribution in [0.15, 0.2) is 36.5 Å². The van der Waals surface area contributed by atoms with Crippen molar-refractivity contribution >= 4 is 22.8 Å². The maximum absolute atomic E-state index is 12.6. The summed E-state index contributed by atoms with van der Waals surface area (Å²) in [5, 5.41) is 20.9. The monoisotopic (exact) mass is 367 g/mol. The molecule has 2 aromatic heterocycles. The number of benzene rings is 1. The number of carbonyl (C=O) groups is 2. The maximum atomic E-state index is 12.6. The largest absolute Gasteiger partial charge is 0.480 e. The quantitative estimate of drug-likeness (QED) is 0.692. The smallest absolute Gasteiger partial charge is 0.326 e. The number of carboxylic acids is 1. The molecule has 2 atom stereocenters. The molecule has 2 N–H and O–H groups in total. The van der Waals surface area contributed by atoms with Crippen LogP contribution in [-0.2, 0) is 4.79 Å². The molecule has 0 aliphatic heterocycles. The van der Waals surface area contributed by atoms with Gasteiger partial charge in [0.05, 0.1) is 16.9 Å². The fourth-order valence-electron chi connectivity index (χ4n) is 2.87. The molecule has 0 bridgehead atoms. The number of aromatic nitrogens is 4. The second-order valence-corrected chi connectivity index (χ2v) is 6.49. The number of carbonyl (C=O) groups excluding carboxylic acids is 1. The van der Waals surface area contributed by atoms with Crippen LogP contribution in [-0.4, -0.2) is 43.0 Å². The van der Waals surface area contributed by atoms with Gasteiger partial charge in [0, 0.05) is 11.6 Å². The van der Waals surface area contributed by atoms with Gasteiger partial charge in [0.15, 0.2) is 5.69 Å². The van der Waals surface area contributed by atoms with Crippen molar-refractivity contribution in [2.75, 3.05) is 0 Å². The molecular formula is C19H21N5O3. The highest BCUT2D eigenvalue weighted by Crippen LogP contribution is 2.18. The number of nitrogens with one attached hydrogen (secondary N) is 1. The molecular weight excluding hydrogens is 346 g/mol. The molecule has 0 aliphatic rings. The summed E-state index contributed by atoms with van der Waals surface area (Å²) in [7, 11) is 0. The van der Waals surface area contributed by atoms with Gasteiger partial charge in [-0.3, -0.25) is 9.78 Å². The topological polar surface area (TPSA) is 110 Å². The summed E-state index contributed by atoms with van der Waals surface area (Å²) in [5.41, 5.74) is 2.24. The molecule has 3 rings (SSSR count). The van der Waals surface area contributed by atoms with Crippen molar-refractivity contribution < 1.29 is 14.7 Å². The first-order valence-corrected chi connectivity index (χ1v) is 8.73. The van der Waals surface area contributed by atoms with E-state index in [-0.39, 0.29) is 11.6 Å². The van der Waals surface area contributed by atoms with E-state index in [1.807, 2.05) is 37.3 Å². The van der Waals surface area contributed by atoms with Crippen LogP contribution < -0.4 is 5.32 Å². The first kappa shape index (κ1) is 18.5. The van der Waals surface area contributed by atoms with Gasteiger partial charge in [-0.15, -0.1) is 5.10 Å². The number of fused-ring (bicyclic) bond motifs is 1. The van der Waals surface area contributed by atoms with Gasteiger partial charge >= 0.3 is 5.97 Å². The van der Waals surface area contributed by atoms with Crippen molar-refractivity contribution in [3.05, 3.63) is 47.9 Å².